The van der Waals surface area contributed by atoms with Gasteiger partial charge in [0.25, 0.3) is 5.69 Å². The zero-order valence-electron chi connectivity index (χ0n) is 9.85. The third-order valence-corrected chi connectivity index (χ3v) is 2.50. The summed E-state index contributed by atoms with van der Waals surface area (Å²) in [6.45, 7) is 0.382. The summed E-state index contributed by atoms with van der Waals surface area (Å²) in [4.78, 5) is 19.9. The highest BCUT2D eigenvalue weighted by atomic mass is 16.6. The first kappa shape index (κ1) is 12.6. The third kappa shape index (κ3) is 2.88. The Morgan fingerprint density at radius 3 is 3.21 bits per heavy atom. The fourth-order valence-electron chi connectivity index (χ4n) is 1.64. The van der Waals surface area contributed by atoms with E-state index in [1.807, 2.05) is 6.08 Å². The lowest BCUT2D eigenvalue weighted by Crippen LogP contribution is -1.86. The van der Waals surface area contributed by atoms with Crippen molar-refractivity contribution in [2.45, 2.75) is 6.42 Å². The molecule has 2 rings (SSSR count). The monoisotopic (exact) mass is 258 g/mol. The second kappa shape index (κ2) is 5.65. The number of hydrogen-bond donors (Lipinski definition) is 1. The molecular formula is C11H10N6O2. The van der Waals surface area contributed by atoms with E-state index in [2.05, 4.69) is 20.0 Å². The highest BCUT2D eigenvalue weighted by molar-refractivity contribution is 5.87. The fraction of sp³-hybridized carbons (Fsp3) is 0.182. The molecule has 0 bridgehead atoms. The number of aromatic nitrogens is 2. The van der Waals surface area contributed by atoms with Crippen molar-refractivity contribution in [1.82, 2.24) is 9.97 Å². The average molecular weight is 258 g/mol. The van der Waals surface area contributed by atoms with Gasteiger partial charge in [-0.1, -0.05) is 17.3 Å². The van der Waals surface area contributed by atoms with Gasteiger partial charge in [0.1, 0.15) is 5.65 Å². The lowest BCUT2D eigenvalue weighted by Gasteiger charge is -1.94. The number of aromatic amines is 1. The van der Waals surface area contributed by atoms with E-state index in [0.29, 0.717) is 24.0 Å². The minimum Gasteiger partial charge on any atom is -0.340 e. The van der Waals surface area contributed by atoms with Gasteiger partial charge in [0.15, 0.2) is 0 Å². The van der Waals surface area contributed by atoms with Crippen LogP contribution in [0.1, 0.15) is 12.0 Å². The summed E-state index contributed by atoms with van der Waals surface area (Å²) in [5.41, 5.74) is 9.37. The second-order valence-electron chi connectivity index (χ2n) is 3.74. The van der Waals surface area contributed by atoms with Crippen molar-refractivity contribution in [3.8, 4) is 0 Å². The number of pyridine rings is 1. The largest absolute Gasteiger partial charge is 0.340 e. The van der Waals surface area contributed by atoms with E-state index in [-0.39, 0.29) is 5.69 Å². The first-order valence-corrected chi connectivity index (χ1v) is 5.51. The molecule has 0 aromatic carbocycles. The van der Waals surface area contributed by atoms with Crippen molar-refractivity contribution in [2.24, 2.45) is 5.11 Å². The SMILES string of the molecule is [N-]=[N+]=NCCC=Cc1cnc2[nH]cc([N+](=O)[O-])c2c1. The lowest BCUT2D eigenvalue weighted by molar-refractivity contribution is -0.383. The molecule has 0 atom stereocenters. The van der Waals surface area contributed by atoms with Gasteiger partial charge >= 0.3 is 0 Å². The van der Waals surface area contributed by atoms with Crippen molar-refractivity contribution in [1.29, 1.82) is 0 Å². The zero-order valence-corrected chi connectivity index (χ0v) is 9.85. The van der Waals surface area contributed by atoms with Crippen molar-refractivity contribution in [3.05, 3.63) is 50.7 Å². The highest BCUT2D eigenvalue weighted by Crippen LogP contribution is 2.24. The molecule has 0 amide bonds. The van der Waals surface area contributed by atoms with Crippen molar-refractivity contribution in [2.75, 3.05) is 6.54 Å². The normalized spacial score (nSPS) is 10.7. The Morgan fingerprint density at radius 1 is 1.63 bits per heavy atom. The topological polar surface area (TPSA) is 121 Å². The van der Waals surface area contributed by atoms with Crippen LogP contribution in [0.2, 0.25) is 0 Å². The minimum absolute atomic E-state index is 0.00632. The van der Waals surface area contributed by atoms with Gasteiger partial charge in [0.05, 0.1) is 16.5 Å². The summed E-state index contributed by atoms with van der Waals surface area (Å²) in [5.74, 6) is 0. The third-order valence-electron chi connectivity index (χ3n) is 2.50. The Bertz CT molecular complexity index is 684. The van der Waals surface area contributed by atoms with Crippen LogP contribution >= 0.6 is 0 Å². The summed E-state index contributed by atoms with van der Waals surface area (Å²) in [5, 5.41) is 14.7. The Kier molecular flexibility index (Phi) is 3.75. The number of fused-ring (bicyclic) bond motifs is 1. The average Bonchev–Trinajstić information content (AvgIpc) is 2.81. The summed E-state index contributed by atoms with van der Waals surface area (Å²) in [6, 6.07) is 1.70. The summed E-state index contributed by atoms with van der Waals surface area (Å²) in [7, 11) is 0. The molecule has 19 heavy (non-hydrogen) atoms. The van der Waals surface area contributed by atoms with E-state index < -0.39 is 4.92 Å². The highest BCUT2D eigenvalue weighted by Gasteiger charge is 2.14. The molecule has 8 nitrogen and oxygen atoms in total. The molecule has 1 N–H and O–H groups in total. The van der Waals surface area contributed by atoms with Gasteiger partial charge in [-0.15, -0.1) is 0 Å². The maximum atomic E-state index is 10.8. The summed E-state index contributed by atoms with van der Waals surface area (Å²) in [6.07, 6.45) is 7.17. The van der Waals surface area contributed by atoms with E-state index in [0.717, 1.165) is 5.56 Å². The molecule has 2 aromatic heterocycles. The Labute approximate surface area is 107 Å². The Morgan fingerprint density at radius 2 is 2.47 bits per heavy atom. The van der Waals surface area contributed by atoms with Crippen molar-refractivity contribution >= 4 is 22.8 Å². The van der Waals surface area contributed by atoms with Gasteiger partial charge in [-0.2, -0.15) is 0 Å². The first-order valence-electron chi connectivity index (χ1n) is 5.51. The van der Waals surface area contributed by atoms with Gasteiger partial charge in [0.2, 0.25) is 0 Å². The van der Waals surface area contributed by atoms with Crippen LogP contribution in [0.25, 0.3) is 27.6 Å². The van der Waals surface area contributed by atoms with Gasteiger partial charge in [-0.25, -0.2) is 4.98 Å². The van der Waals surface area contributed by atoms with E-state index in [9.17, 15) is 10.1 Å². The van der Waals surface area contributed by atoms with Crippen LogP contribution in [-0.2, 0) is 0 Å². The van der Waals surface area contributed by atoms with Crippen molar-refractivity contribution < 1.29 is 4.92 Å². The summed E-state index contributed by atoms with van der Waals surface area (Å²) >= 11 is 0. The number of rotatable bonds is 5. The van der Waals surface area contributed by atoms with Gasteiger partial charge in [-0.3, -0.25) is 10.1 Å². The summed E-state index contributed by atoms with van der Waals surface area (Å²) < 4.78 is 0. The molecule has 0 spiro atoms. The van der Waals surface area contributed by atoms with Crippen LogP contribution in [0.4, 0.5) is 5.69 Å². The maximum absolute atomic E-state index is 10.8. The molecule has 0 saturated heterocycles. The van der Waals surface area contributed by atoms with Gasteiger partial charge in [0, 0.05) is 17.7 Å². The number of nitrogens with one attached hydrogen (secondary N) is 1. The quantitative estimate of drug-likeness (QED) is 0.221. The van der Waals surface area contributed by atoms with Gasteiger partial charge in [-0.05, 0) is 23.6 Å². The number of hydrogen-bond acceptors (Lipinski definition) is 4. The Balaban J connectivity index is 2.22. The predicted octanol–water partition coefficient (Wildman–Crippen LogP) is 3.18. The van der Waals surface area contributed by atoms with Crippen LogP contribution in [0.3, 0.4) is 0 Å². The van der Waals surface area contributed by atoms with E-state index in [4.69, 9.17) is 5.53 Å². The number of azide groups is 1. The molecule has 2 heterocycles. The van der Waals surface area contributed by atoms with E-state index in [1.165, 1.54) is 6.20 Å². The molecule has 96 valence electrons. The van der Waals surface area contributed by atoms with Crippen LogP contribution in [-0.4, -0.2) is 21.4 Å². The fourth-order valence-corrected chi connectivity index (χ4v) is 1.64. The molecule has 2 aromatic rings. The van der Waals surface area contributed by atoms with Crippen LogP contribution in [0.5, 0.6) is 0 Å². The Hall–Kier alpha value is -2.86. The standard InChI is InChI=1S/C11H10N6O2/c12-16-15-4-2-1-3-8-5-9-10(17(18)19)7-14-11(9)13-6-8/h1,3,5-7H,2,4H2,(H,13,14). The van der Waals surface area contributed by atoms with Gasteiger partial charge < -0.3 is 4.98 Å². The molecular weight excluding hydrogens is 248 g/mol. The van der Waals surface area contributed by atoms with Crippen LogP contribution < -0.4 is 0 Å². The number of H-pyrrole nitrogens is 1. The molecule has 0 aliphatic rings. The van der Waals surface area contributed by atoms with Crippen LogP contribution in [0.15, 0.2) is 29.7 Å². The molecule has 0 radical (unpaired) electrons. The molecule has 0 unspecified atom stereocenters. The molecule has 0 aliphatic heterocycles. The van der Waals surface area contributed by atoms with E-state index in [1.54, 1.807) is 18.3 Å². The predicted molar refractivity (Wildman–Crippen MR) is 70.4 cm³/mol. The molecule has 0 fully saturated rings. The maximum Gasteiger partial charge on any atom is 0.296 e. The minimum atomic E-state index is -0.449. The lowest BCUT2D eigenvalue weighted by atomic mass is 10.2. The van der Waals surface area contributed by atoms with E-state index >= 15 is 0 Å². The second-order valence-corrected chi connectivity index (χ2v) is 3.74. The molecule has 0 saturated carbocycles. The smallest absolute Gasteiger partial charge is 0.296 e. The zero-order chi connectivity index (χ0) is 13.7. The molecule has 0 aliphatic carbocycles. The molecule has 8 heteroatoms. The number of nitrogens with zero attached hydrogens (tertiary/aromatic N) is 5. The first-order chi connectivity index (χ1) is 9.22. The van der Waals surface area contributed by atoms with Crippen LogP contribution in [0, 0.1) is 10.1 Å². The van der Waals surface area contributed by atoms with Crippen molar-refractivity contribution in [3.63, 3.8) is 0 Å². The number of nitro groups is 1.